The number of aromatic carboxylic acids is 1. The van der Waals surface area contributed by atoms with Crippen LogP contribution in [0.3, 0.4) is 0 Å². The van der Waals surface area contributed by atoms with Gasteiger partial charge in [-0.1, -0.05) is 24.3 Å². The highest BCUT2D eigenvalue weighted by Crippen LogP contribution is 2.16. The molecule has 0 aliphatic rings. The maximum atomic E-state index is 12.9. The normalized spacial score (nSPS) is 10.8. The van der Waals surface area contributed by atoms with E-state index < -0.39 is 22.7 Å². The van der Waals surface area contributed by atoms with Gasteiger partial charge in [0, 0.05) is 23.4 Å². The van der Waals surface area contributed by atoms with E-state index in [9.17, 15) is 24.5 Å². The number of non-ortho nitro benzene ring substituents is 1. The van der Waals surface area contributed by atoms with E-state index in [-0.39, 0.29) is 22.6 Å². The number of carbonyl (C=O) groups is 3. The molecule has 9 nitrogen and oxygen atoms in total. The lowest BCUT2D eigenvalue weighted by molar-refractivity contribution is -0.384. The molecular formula is C23H17N3O6. The molecule has 3 aromatic rings. The number of carbonyl (C=O) groups excluding carboxylic acids is 2. The predicted octanol–water partition coefficient (Wildman–Crippen LogP) is 3.70. The largest absolute Gasteiger partial charge is 0.478 e. The minimum absolute atomic E-state index is 0.0166. The fourth-order valence-corrected chi connectivity index (χ4v) is 2.73. The molecule has 0 heterocycles. The monoisotopic (exact) mass is 431 g/mol. The van der Waals surface area contributed by atoms with Gasteiger partial charge >= 0.3 is 5.97 Å². The number of nitrogens with zero attached hydrogens (tertiary/aromatic N) is 1. The highest BCUT2D eigenvalue weighted by Gasteiger charge is 2.16. The third-order valence-corrected chi connectivity index (χ3v) is 4.31. The van der Waals surface area contributed by atoms with Gasteiger partial charge in [-0.25, -0.2) is 4.79 Å². The average molecular weight is 431 g/mol. The molecule has 3 rings (SSSR count). The van der Waals surface area contributed by atoms with Crippen LogP contribution in [-0.2, 0) is 4.79 Å². The fraction of sp³-hybridized carbons (Fsp3) is 0. The van der Waals surface area contributed by atoms with Crippen LogP contribution in [0.15, 0.2) is 84.6 Å². The Morgan fingerprint density at radius 2 is 1.53 bits per heavy atom. The van der Waals surface area contributed by atoms with Crippen LogP contribution in [0, 0.1) is 10.1 Å². The fourth-order valence-electron chi connectivity index (χ4n) is 2.73. The number of nitrogens with one attached hydrogen (secondary N) is 2. The summed E-state index contributed by atoms with van der Waals surface area (Å²) < 4.78 is 0. The topological polar surface area (TPSA) is 139 Å². The van der Waals surface area contributed by atoms with Crippen LogP contribution in [-0.4, -0.2) is 27.8 Å². The number of benzene rings is 3. The second-order valence-electron chi connectivity index (χ2n) is 6.57. The summed E-state index contributed by atoms with van der Waals surface area (Å²) in [4.78, 5) is 46.9. The van der Waals surface area contributed by atoms with Gasteiger partial charge in [-0.15, -0.1) is 0 Å². The van der Waals surface area contributed by atoms with E-state index in [4.69, 9.17) is 5.11 Å². The number of carboxylic acid groups (broad SMARTS) is 1. The Labute approximate surface area is 182 Å². The van der Waals surface area contributed by atoms with Crippen molar-refractivity contribution in [3.63, 3.8) is 0 Å². The molecule has 160 valence electrons. The van der Waals surface area contributed by atoms with Gasteiger partial charge in [0.1, 0.15) is 5.70 Å². The number of hydrogen-bond donors (Lipinski definition) is 3. The van der Waals surface area contributed by atoms with Crippen LogP contribution in [0.5, 0.6) is 0 Å². The van der Waals surface area contributed by atoms with Gasteiger partial charge in [-0.3, -0.25) is 19.7 Å². The third kappa shape index (κ3) is 5.63. The molecule has 32 heavy (non-hydrogen) atoms. The minimum Gasteiger partial charge on any atom is -0.478 e. The zero-order chi connectivity index (χ0) is 23.1. The van der Waals surface area contributed by atoms with E-state index in [0.29, 0.717) is 11.1 Å². The highest BCUT2D eigenvalue weighted by atomic mass is 16.6. The second-order valence-corrected chi connectivity index (χ2v) is 6.57. The Morgan fingerprint density at radius 3 is 2.16 bits per heavy atom. The number of nitro groups is 1. The number of carboxylic acids is 1. The van der Waals surface area contributed by atoms with Gasteiger partial charge in [0.2, 0.25) is 0 Å². The Hall–Kier alpha value is -4.79. The second kappa shape index (κ2) is 9.81. The Bertz CT molecular complexity index is 1200. The Kier molecular flexibility index (Phi) is 6.72. The molecule has 3 aromatic carbocycles. The third-order valence-electron chi connectivity index (χ3n) is 4.31. The van der Waals surface area contributed by atoms with E-state index in [1.54, 1.807) is 30.3 Å². The molecular weight excluding hydrogens is 414 g/mol. The van der Waals surface area contributed by atoms with E-state index in [2.05, 4.69) is 10.6 Å². The molecule has 0 saturated carbocycles. The van der Waals surface area contributed by atoms with Crippen molar-refractivity contribution >= 4 is 35.2 Å². The SMILES string of the molecule is O=C(Nc1cccc(C(=O)O)c1)/C(=C/c1ccc([N+](=O)[O-])cc1)NC(=O)c1ccccc1. The van der Waals surface area contributed by atoms with Gasteiger partial charge in [-0.2, -0.15) is 0 Å². The van der Waals surface area contributed by atoms with Crippen molar-refractivity contribution in [2.24, 2.45) is 0 Å². The van der Waals surface area contributed by atoms with E-state index in [0.717, 1.165) is 0 Å². The quantitative estimate of drug-likeness (QED) is 0.296. The number of nitro benzene ring substituents is 1. The summed E-state index contributed by atoms with van der Waals surface area (Å²) in [6.07, 6.45) is 1.36. The first-order valence-electron chi connectivity index (χ1n) is 9.31. The maximum absolute atomic E-state index is 12.9. The number of hydrogen-bond acceptors (Lipinski definition) is 5. The van der Waals surface area contributed by atoms with Crippen molar-refractivity contribution in [2.45, 2.75) is 0 Å². The Morgan fingerprint density at radius 1 is 0.875 bits per heavy atom. The van der Waals surface area contributed by atoms with Gasteiger partial charge in [-0.05, 0) is 54.1 Å². The first-order chi connectivity index (χ1) is 15.3. The smallest absolute Gasteiger partial charge is 0.335 e. The van der Waals surface area contributed by atoms with E-state index in [1.807, 2.05) is 0 Å². The molecule has 0 fully saturated rings. The zero-order valence-corrected chi connectivity index (χ0v) is 16.5. The van der Waals surface area contributed by atoms with Crippen molar-refractivity contribution in [3.8, 4) is 0 Å². The van der Waals surface area contributed by atoms with Gasteiger partial charge in [0.15, 0.2) is 0 Å². The van der Waals surface area contributed by atoms with Crippen molar-refractivity contribution in [1.29, 1.82) is 0 Å². The van der Waals surface area contributed by atoms with Crippen molar-refractivity contribution < 1.29 is 24.4 Å². The molecule has 2 amide bonds. The number of rotatable bonds is 7. The van der Waals surface area contributed by atoms with Crippen molar-refractivity contribution in [2.75, 3.05) is 5.32 Å². The zero-order valence-electron chi connectivity index (χ0n) is 16.5. The lowest BCUT2D eigenvalue weighted by Crippen LogP contribution is -2.30. The summed E-state index contributed by atoms with van der Waals surface area (Å²) in [7, 11) is 0. The minimum atomic E-state index is -1.15. The van der Waals surface area contributed by atoms with Crippen LogP contribution in [0.25, 0.3) is 6.08 Å². The van der Waals surface area contributed by atoms with Crippen LogP contribution in [0.4, 0.5) is 11.4 Å². The van der Waals surface area contributed by atoms with Crippen molar-refractivity contribution in [1.82, 2.24) is 5.32 Å². The average Bonchev–Trinajstić information content (AvgIpc) is 2.79. The van der Waals surface area contributed by atoms with Crippen LogP contribution in [0.2, 0.25) is 0 Å². The van der Waals surface area contributed by atoms with Crippen molar-refractivity contribution in [3.05, 3.63) is 111 Å². The van der Waals surface area contributed by atoms with Gasteiger partial charge < -0.3 is 15.7 Å². The summed E-state index contributed by atoms with van der Waals surface area (Å²) >= 11 is 0. The predicted molar refractivity (Wildman–Crippen MR) is 117 cm³/mol. The molecule has 0 spiro atoms. The molecule has 3 N–H and O–H groups in total. The molecule has 0 saturated heterocycles. The summed E-state index contributed by atoms with van der Waals surface area (Å²) in [5.74, 6) is -2.39. The van der Waals surface area contributed by atoms with Crippen LogP contribution < -0.4 is 10.6 Å². The first-order valence-corrected chi connectivity index (χ1v) is 9.31. The Balaban J connectivity index is 1.90. The molecule has 0 aliphatic carbocycles. The lowest BCUT2D eigenvalue weighted by Gasteiger charge is -2.12. The maximum Gasteiger partial charge on any atom is 0.335 e. The molecule has 0 aliphatic heterocycles. The molecule has 0 unspecified atom stereocenters. The summed E-state index contributed by atoms with van der Waals surface area (Å²) in [6, 6.07) is 19.3. The summed E-state index contributed by atoms with van der Waals surface area (Å²) in [6.45, 7) is 0. The molecule has 9 heteroatoms. The number of amides is 2. The van der Waals surface area contributed by atoms with E-state index in [1.165, 1.54) is 54.6 Å². The highest BCUT2D eigenvalue weighted by molar-refractivity contribution is 6.10. The molecule has 0 atom stereocenters. The summed E-state index contributed by atoms with van der Waals surface area (Å²) in [5.41, 5.74) is 0.715. The van der Waals surface area contributed by atoms with Crippen LogP contribution >= 0.6 is 0 Å². The van der Waals surface area contributed by atoms with Gasteiger partial charge in [0.05, 0.1) is 10.5 Å². The molecule has 0 radical (unpaired) electrons. The van der Waals surface area contributed by atoms with Crippen LogP contribution in [0.1, 0.15) is 26.3 Å². The molecule has 0 bridgehead atoms. The number of anilines is 1. The first kappa shape index (κ1) is 21.9. The standard InChI is InChI=1S/C23H17N3O6/c27-21(16-5-2-1-3-6-16)25-20(13-15-9-11-19(12-10-15)26(31)32)22(28)24-18-8-4-7-17(14-18)23(29)30/h1-14H,(H,24,28)(H,25,27)(H,29,30)/b20-13-. The summed E-state index contributed by atoms with van der Waals surface area (Å²) in [5, 5.41) is 25.1. The van der Waals surface area contributed by atoms with E-state index >= 15 is 0 Å². The van der Waals surface area contributed by atoms with Gasteiger partial charge in [0.25, 0.3) is 17.5 Å². The molecule has 0 aromatic heterocycles. The lowest BCUT2D eigenvalue weighted by atomic mass is 10.1.